The van der Waals surface area contributed by atoms with Gasteiger partial charge < -0.3 is 10.6 Å². The Morgan fingerprint density at radius 2 is 1.19 bits per heavy atom. The molecule has 0 spiro atoms. The summed E-state index contributed by atoms with van der Waals surface area (Å²) in [4.78, 5) is 26.2. The number of amides is 2. The first-order valence-corrected chi connectivity index (χ1v) is 10.4. The minimum absolute atomic E-state index is 0.000250. The van der Waals surface area contributed by atoms with Crippen LogP contribution in [0.1, 0.15) is 48.2 Å². The molecule has 0 aromatic heterocycles. The first-order chi connectivity index (χ1) is 15.5. The van der Waals surface area contributed by atoms with Gasteiger partial charge in [0, 0.05) is 0 Å². The predicted octanol–water partition coefficient (Wildman–Crippen LogP) is 4.70. The Kier molecular flexibility index (Phi) is 7.55. The molecule has 3 rings (SSSR count). The molecule has 5 nitrogen and oxygen atoms in total. The number of hydrogen-bond donors (Lipinski definition) is 2. The van der Waals surface area contributed by atoms with Gasteiger partial charge in [-0.25, -0.2) is 0 Å². The summed E-state index contributed by atoms with van der Waals surface area (Å²) in [6, 6.07) is 27.4. The second-order valence-electron chi connectivity index (χ2n) is 7.50. The monoisotopic (exact) mass is 423 g/mol. The molecule has 0 bridgehead atoms. The van der Waals surface area contributed by atoms with E-state index in [4.69, 9.17) is 5.26 Å². The van der Waals surface area contributed by atoms with Crippen LogP contribution in [0, 0.1) is 11.3 Å². The molecule has 3 aromatic rings. The van der Waals surface area contributed by atoms with Crippen LogP contribution in [0.2, 0.25) is 0 Å². The Labute approximate surface area is 188 Å². The third-order valence-electron chi connectivity index (χ3n) is 5.13. The summed E-state index contributed by atoms with van der Waals surface area (Å²) in [6.07, 6.45) is 1.54. The van der Waals surface area contributed by atoms with E-state index in [1.807, 2.05) is 74.5 Å². The molecular formula is C27H25N3O2. The number of carbonyl (C=O) groups is 2. The van der Waals surface area contributed by atoms with Crippen molar-refractivity contribution < 1.29 is 9.59 Å². The molecule has 0 saturated heterocycles. The summed E-state index contributed by atoms with van der Waals surface area (Å²) < 4.78 is 0. The molecule has 0 unspecified atom stereocenters. The molecule has 5 heteroatoms. The normalized spacial score (nSPS) is 12.0. The predicted molar refractivity (Wildman–Crippen MR) is 125 cm³/mol. The van der Waals surface area contributed by atoms with E-state index >= 15 is 0 Å². The maximum Gasteiger partial charge on any atom is 0.257 e. The number of benzene rings is 3. The van der Waals surface area contributed by atoms with E-state index in [2.05, 4.69) is 16.7 Å². The van der Waals surface area contributed by atoms with Crippen molar-refractivity contribution in [3.05, 3.63) is 113 Å². The molecule has 160 valence electrons. The van der Waals surface area contributed by atoms with Gasteiger partial charge in [-0.05, 0) is 48.7 Å². The van der Waals surface area contributed by atoms with Gasteiger partial charge in [-0.1, -0.05) is 72.8 Å². The molecule has 0 heterocycles. The zero-order valence-electron chi connectivity index (χ0n) is 18.1. The number of nitrogens with zero attached hydrogens (tertiary/aromatic N) is 1. The molecular weight excluding hydrogens is 398 g/mol. The van der Waals surface area contributed by atoms with Crippen LogP contribution >= 0.6 is 0 Å². The van der Waals surface area contributed by atoms with Gasteiger partial charge in [0.25, 0.3) is 11.8 Å². The quantitative estimate of drug-likeness (QED) is 0.328. The van der Waals surface area contributed by atoms with Crippen molar-refractivity contribution >= 4 is 17.9 Å². The summed E-state index contributed by atoms with van der Waals surface area (Å²) >= 11 is 0. The van der Waals surface area contributed by atoms with Gasteiger partial charge in [-0.3, -0.25) is 9.59 Å². The Morgan fingerprint density at radius 1 is 0.750 bits per heavy atom. The Bertz CT molecular complexity index is 1070. The lowest BCUT2D eigenvalue weighted by molar-refractivity contribution is -0.124. The number of carbonyl (C=O) groups excluding carboxylic acids is 2. The van der Waals surface area contributed by atoms with E-state index < -0.39 is 11.8 Å². The van der Waals surface area contributed by atoms with E-state index in [9.17, 15) is 9.59 Å². The number of hydrogen-bond acceptors (Lipinski definition) is 3. The van der Waals surface area contributed by atoms with Gasteiger partial charge in [0.05, 0.1) is 23.7 Å². The van der Waals surface area contributed by atoms with Crippen molar-refractivity contribution in [3.8, 4) is 6.07 Å². The van der Waals surface area contributed by atoms with Crippen LogP contribution < -0.4 is 10.6 Å². The van der Waals surface area contributed by atoms with Gasteiger partial charge in [0.15, 0.2) is 0 Å². The lowest BCUT2D eigenvalue weighted by Crippen LogP contribution is -2.36. The van der Waals surface area contributed by atoms with E-state index in [1.54, 1.807) is 30.3 Å². The van der Waals surface area contributed by atoms with Crippen LogP contribution in [0.3, 0.4) is 0 Å². The van der Waals surface area contributed by atoms with E-state index in [-0.39, 0.29) is 17.7 Å². The lowest BCUT2D eigenvalue weighted by atomic mass is 10.0. The maximum atomic E-state index is 13.1. The number of nitriles is 1. The van der Waals surface area contributed by atoms with Gasteiger partial charge in [0.1, 0.15) is 5.57 Å². The standard InChI is InChI=1S/C27H25N3O2/c1-19(23-9-5-3-6-10-23)29-26(31)25(17-21-13-15-22(18-28)16-14-21)27(32)30-20(2)24-11-7-4-8-12-24/h3-17,19-20H,1-2H3,(H,29,31)(H,30,32)/t19-,20-/m0/s1. The SMILES string of the molecule is C[C@H](NC(=O)C(=Cc1ccc(C#N)cc1)C(=O)N[C@@H](C)c1ccccc1)c1ccccc1. The van der Waals surface area contributed by atoms with E-state index in [0.717, 1.165) is 11.1 Å². The van der Waals surface area contributed by atoms with Crippen LogP contribution in [-0.4, -0.2) is 11.8 Å². The Hall–Kier alpha value is -4.17. The highest BCUT2D eigenvalue weighted by Crippen LogP contribution is 2.16. The van der Waals surface area contributed by atoms with Crippen molar-refractivity contribution in [2.75, 3.05) is 0 Å². The lowest BCUT2D eigenvalue weighted by Gasteiger charge is -2.18. The molecule has 0 aliphatic rings. The molecule has 2 N–H and O–H groups in total. The molecule has 0 aliphatic heterocycles. The summed E-state index contributed by atoms with van der Waals surface area (Å²) in [5.74, 6) is -0.938. The molecule has 2 atom stereocenters. The highest BCUT2D eigenvalue weighted by Gasteiger charge is 2.22. The smallest absolute Gasteiger partial charge is 0.257 e. The van der Waals surface area contributed by atoms with Crippen LogP contribution in [0.25, 0.3) is 6.08 Å². The highest BCUT2D eigenvalue weighted by molar-refractivity contribution is 6.21. The highest BCUT2D eigenvalue weighted by atomic mass is 16.2. The van der Waals surface area contributed by atoms with Crippen molar-refractivity contribution in [3.63, 3.8) is 0 Å². The molecule has 0 aliphatic carbocycles. The molecule has 3 aromatic carbocycles. The zero-order valence-corrected chi connectivity index (χ0v) is 18.1. The molecule has 0 saturated carbocycles. The molecule has 2 amide bonds. The van der Waals surface area contributed by atoms with Crippen molar-refractivity contribution in [2.45, 2.75) is 25.9 Å². The number of nitrogens with one attached hydrogen (secondary N) is 2. The van der Waals surface area contributed by atoms with Crippen LogP contribution in [-0.2, 0) is 9.59 Å². The van der Waals surface area contributed by atoms with Gasteiger partial charge >= 0.3 is 0 Å². The van der Waals surface area contributed by atoms with E-state index in [1.165, 1.54) is 0 Å². The van der Waals surface area contributed by atoms with Crippen molar-refractivity contribution in [2.24, 2.45) is 0 Å². The Balaban J connectivity index is 1.86. The van der Waals surface area contributed by atoms with E-state index in [0.29, 0.717) is 11.1 Å². The molecule has 0 fully saturated rings. The summed E-state index contributed by atoms with van der Waals surface area (Å²) in [6.45, 7) is 3.74. The third kappa shape index (κ3) is 5.93. The van der Waals surface area contributed by atoms with Gasteiger partial charge in [-0.2, -0.15) is 5.26 Å². The van der Waals surface area contributed by atoms with Crippen molar-refractivity contribution in [1.82, 2.24) is 10.6 Å². The summed E-state index contributed by atoms with van der Waals surface area (Å²) in [7, 11) is 0. The second kappa shape index (κ2) is 10.7. The third-order valence-corrected chi connectivity index (χ3v) is 5.13. The fourth-order valence-electron chi connectivity index (χ4n) is 3.25. The molecule has 0 radical (unpaired) electrons. The number of rotatable bonds is 7. The van der Waals surface area contributed by atoms with Crippen LogP contribution in [0.4, 0.5) is 0 Å². The fourth-order valence-corrected chi connectivity index (χ4v) is 3.25. The second-order valence-corrected chi connectivity index (χ2v) is 7.50. The zero-order chi connectivity index (χ0) is 22.9. The van der Waals surface area contributed by atoms with Gasteiger partial charge in [0.2, 0.25) is 0 Å². The first kappa shape index (κ1) is 22.5. The summed E-state index contributed by atoms with van der Waals surface area (Å²) in [5, 5.41) is 14.8. The maximum absolute atomic E-state index is 13.1. The molecule has 32 heavy (non-hydrogen) atoms. The summed E-state index contributed by atoms with van der Waals surface area (Å²) in [5.41, 5.74) is 3.05. The minimum Gasteiger partial charge on any atom is -0.345 e. The van der Waals surface area contributed by atoms with Crippen LogP contribution in [0.15, 0.2) is 90.5 Å². The fraction of sp³-hybridized carbons (Fsp3) is 0.148. The Morgan fingerprint density at radius 3 is 1.59 bits per heavy atom. The van der Waals surface area contributed by atoms with Crippen LogP contribution in [0.5, 0.6) is 0 Å². The largest absolute Gasteiger partial charge is 0.345 e. The average molecular weight is 424 g/mol. The average Bonchev–Trinajstić information content (AvgIpc) is 2.83. The van der Waals surface area contributed by atoms with Crippen molar-refractivity contribution in [1.29, 1.82) is 5.26 Å². The first-order valence-electron chi connectivity index (χ1n) is 10.4. The topological polar surface area (TPSA) is 82.0 Å². The minimum atomic E-state index is -0.469. The van der Waals surface area contributed by atoms with Gasteiger partial charge in [-0.15, -0.1) is 0 Å².